The minimum atomic E-state index is -0.123. The molecule has 2 nitrogen and oxygen atoms in total. The molecule has 0 amide bonds. The van der Waals surface area contributed by atoms with Crippen molar-refractivity contribution in [1.82, 2.24) is 4.98 Å². The van der Waals surface area contributed by atoms with Gasteiger partial charge < -0.3 is 16.3 Å². The summed E-state index contributed by atoms with van der Waals surface area (Å²) in [7, 11) is 0. The van der Waals surface area contributed by atoms with E-state index < -0.39 is 0 Å². The van der Waals surface area contributed by atoms with E-state index in [1.165, 1.54) is 16.7 Å². The van der Waals surface area contributed by atoms with Gasteiger partial charge in [0.1, 0.15) is 0 Å². The van der Waals surface area contributed by atoms with Gasteiger partial charge in [0.2, 0.25) is 0 Å². The van der Waals surface area contributed by atoms with Crippen LogP contribution < -0.4 is 5.56 Å². The van der Waals surface area contributed by atoms with Crippen LogP contribution in [-0.4, -0.2) is 4.98 Å². The molecule has 0 bridgehead atoms. The van der Waals surface area contributed by atoms with Crippen molar-refractivity contribution in [1.29, 1.82) is 0 Å². The molecule has 0 N–H and O–H groups in total. The zero-order valence-corrected chi connectivity index (χ0v) is 11.3. The summed E-state index contributed by atoms with van der Waals surface area (Å²) in [4.78, 5) is 13.8. The van der Waals surface area contributed by atoms with Crippen molar-refractivity contribution < 1.29 is 42.1 Å². The first-order valence-corrected chi connectivity index (χ1v) is 2.76. The Labute approximate surface area is 85.6 Å². The SMILES string of the molecule is Cc1nc(=O)[cH-]s1.[W].[W]. The summed E-state index contributed by atoms with van der Waals surface area (Å²) in [6, 6.07) is 0. The van der Waals surface area contributed by atoms with Gasteiger partial charge in [0.25, 0.3) is 0 Å². The van der Waals surface area contributed by atoms with Gasteiger partial charge in [0.15, 0.2) is 5.56 Å². The van der Waals surface area contributed by atoms with E-state index in [0.29, 0.717) is 0 Å². The Morgan fingerprint density at radius 2 is 2.11 bits per heavy atom. The van der Waals surface area contributed by atoms with E-state index in [1.54, 1.807) is 0 Å². The summed E-state index contributed by atoms with van der Waals surface area (Å²) in [5.41, 5.74) is -0.123. The fraction of sp³-hybridized carbons (Fsp3) is 0.250. The van der Waals surface area contributed by atoms with Crippen molar-refractivity contribution in [3.05, 3.63) is 20.7 Å². The molecule has 50 valence electrons. The second-order valence-corrected chi connectivity index (χ2v) is 2.27. The molecule has 0 aliphatic heterocycles. The first-order valence-electron chi connectivity index (χ1n) is 1.88. The molecule has 0 atom stereocenters. The molecule has 0 fully saturated rings. The topological polar surface area (TPSA) is 30.0 Å². The smallest absolute Gasteiger partial charge is 0.181 e. The fourth-order valence-electron chi connectivity index (χ4n) is 0.344. The molecule has 1 heterocycles. The van der Waals surface area contributed by atoms with Crippen LogP contribution in [0.5, 0.6) is 0 Å². The Morgan fingerprint density at radius 1 is 1.56 bits per heavy atom. The molecule has 0 aliphatic carbocycles. The van der Waals surface area contributed by atoms with Crippen LogP contribution in [0.25, 0.3) is 0 Å². The van der Waals surface area contributed by atoms with Crippen LogP contribution in [0.2, 0.25) is 0 Å². The van der Waals surface area contributed by atoms with E-state index in [-0.39, 0.29) is 47.7 Å². The van der Waals surface area contributed by atoms with Gasteiger partial charge in [-0.2, -0.15) is 0 Å². The standard InChI is InChI=1S/C4H4NOS.2W/c1-3-5-4(6)2-7-3;;/h2H,1H3;;/q-1;;. The van der Waals surface area contributed by atoms with Crippen LogP contribution in [0.1, 0.15) is 5.01 Å². The second kappa shape index (κ2) is 5.58. The maximum atomic E-state index is 10.2. The van der Waals surface area contributed by atoms with Gasteiger partial charge in [-0.25, -0.2) is 0 Å². The first-order chi connectivity index (χ1) is 3.29. The zero-order chi connectivity index (χ0) is 5.28. The van der Waals surface area contributed by atoms with Crippen molar-refractivity contribution >= 4 is 11.3 Å². The predicted octanol–water partition coefficient (Wildman–Crippen LogP) is 0.526. The zero-order valence-electron chi connectivity index (χ0n) is 4.66. The summed E-state index contributed by atoms with van der Waals surface area (Å²) in [5, 5.41) is 2.33. The van der Waals surface area contributed by atoms with Crippen LogP contribution in [0.15, 0.2) is 10.2 Å². The molecule has 1 aromatic heterocycles. The number of aromatic nitrogens is 1. The van der Waals surface area contributed by atoms with Crippen molar-refractivity contribution in [2.45, 2.75) is 6.92 Å². The van der Waals surface area contributed by atoms with E-state index in [9.17, 15) is 4.79 Å². The quantitative estimate of drug-likeness (QED) is 0.506. The Balaban J connectivity index is 0. The summed E-state index contributed by atoms with van der Waals surface area (Å²) >= 11 is 1.38. The van der Waals surface area contributed by atoms with E-state index in [0.717, 1.165) is 5.01 Å². The number of hydrogen-bond donors (Lipinski definition) is 0. The van der Waals surface area contributed by atoms with E-state index >= 15 is 0 Å². The summed E-state index contributed by atoms with van der Waals surface area (Å²) < 4.78 is 0. The van der Waals surface area contributed by atoms with Crippen LogP contribution >= 0.6 is 11.3 Å². The second-order valence-electron chi connectivity index (χ2n) is 1.20. The summed E-state index contributed by atoms with van der Waals surface area (Å²) in [6.45, 7) is 1.81. The van der Waals surface area contributed by atoms with Crippen LogP contribution in [0.4, 0.5) is 0 Å². The van der Waals surface area contributed by atoms with Gasteiger partial charge in [-0.3, -0.25) is 4.79 Å². The van der Waals surface area contributed by atoms with Crippen LogP contribution in [0.3, 0.4) is 0 Å². The van der Waals surface area contributed by atoms with Crippen LogP contribution in [-0.2, 0) is 42.1 Å². The normalized spacial score (nSPS) is 7.22. The maximum Gasteiger partial charge on any atom is 0.181 e. The molecule has 1 aromatic rings. The molecule has 0 radical (unpaired) electrons. The fourth-order valence-corrected chi connectivity index (χ4v) is 0.810. The van der Waals surface area contributed by atoms with E-state index in [4.69, 9.17) is 0 Å². The summed E-state index contributed by atoms with van der Waals surface area (Å²) in [6.07, 6.45) is 0. The van der Waals surface area contributed by atoms with E-state index in [2.05, 4.69) is 4.98 Å². The Morgan fingerprint density at radius 3 is 2.22 bits per heavy atom. The van der Waals surface area contributed by atoms with Gasteiger partial charge in [0, 0.05) is 42.1 Å². The maximum absolute atomic E-state index is 10.2. The Kier molecular flexibility index (Phi) is 7.74. The van der Waals surface area contributed by atoms with Gasteiger partial charge in [-0.1, -0.05) is 17.3 Å². The van der Waals surface area contributed by atoms with Gasteiger partial charge in [-0.05, 0) is 0 Å². The monoisotopic (exact) mass is 482 g/mol. The molecular formula is C4H4NOSW2-. The summed E-state index contributed by atoms with van der Waals surface area (Å²) in [5.74, 6) is 0. The van der Waals surface area contributed by atoms with Gasteiger partial charge >= 0.3 is 0 Å². The molecule has 0 spiro atoms. The third kappa shape index (κ3) is 4.24. The third-order valence-corrected chi connectivity index (χ3v) is 1.35. The van der Waals surface area contributed by atoms with Gasteiger partial charge in [-0.15, -0.1) is 0 Å². The number of thiazole rings is 1. The van der Waals surface area contributed by atoms with Crippen molar-refractivity contribution in [2.24, 2.45) is 0 Å². The number of nitrogens with zero attached hydrogens (tertiary/aromatic N) is 1. The number of hydrogen-bond acceptors (Lipinski definition) is 3. The Bertz CT molecular complexity index is 206. The largest absolute Gasteiger partial charge is 0.324 e. The average molecular weight is 482 g/mol. The molecule has 0 aliphatic rings. The van der Waals surface area contributed by atoms with Crippen LogP contribution in [0, 0.1) is 6.92 Å². The molecule has 0 saturated heterocycles. The predicted molar refractivity (Wildman–Crippen MR) is 28.7 cm³/mol. The van der Waals surface area contributed by atoms with Gasteiger partial charge in [0.05, 0.1) is 0 Å². The Hall–Kier alpha value is 0.807. The molecular weight excluding hydrogens is 478 g/mol. The van der Waals surface area contributed by atoms with Crippen molar-refractivity contribution in [3.8, 4) is 0 Å². The molecule has 9 heavy (non-hydrogen) atoms. The molecule has 0 unspecified atom stereocenters. The van der Waals surface area contributed by atoms with Crippen molar-refractivity contribution in [2.75, 3.05) is 0 Å². The van der Waals surface area contributed by atoms with E-state index in [1.807, 2.05) is 6.92 Å². The number of aryl methyl sites for hydroxylation is 1. The molecule has 5 heteroatoms. The minimum Gasteiger partial charge on any atom is -0.324 e. The van der Waals surface area contributed by atoms with Crippen molar-refractivity contribution in [3.63, 3.8) is 0 Å². The minimum absolute atomic E-state index is 0. The first kappa shape index (κ1) is 12.5. The average Bonchev–Trinajstić information content (AvgIpc) is 1.87. The molecule has 0 aromatic carbocycles. The molecule has 1 rings (SSSR count). The molecule has 0 saturated carbocycles. The number of rotatable bonds is 0. The third-order valence-electron chi connectivity index (χ3n) is 0.598.